The molecule has 1 atom stereocenters. The first-order valence-corrected chi connectivity index (χ1v) is 9.85. The van der Waals surface area contributed by atoms with E-state index in [0.29, 0.717) is 6.54 Å². The topological polar surface area (TPSA) is 88.4 Å². The van der Waals surface area contributed by atoms with Crippen molar-refractivity contribution in [2.75, 3.05) is 13.1 Å². The van der Waals surface area contributed by atoms with Crippen LogP contribution in [0.15, 0.2) is 73.1 Å². The van der Waals surface area contributed by atoms with Gasteiger partial charge in [-0.3, -0.25) is 24.8 Å². The van der Waals surface area contributed by atoms with Crippen molar-refractivity contribution in [3.8, 4) is 0 Å². The van der Waals surface area contributed by atoms with E-state index in [4.69, 9.17) is 0 Å². The molecule has 1 aliphatic rings. The molecular formula is C23H22N4O3. The average Bonchev–Trinajstić information content (AvgIpc) is 2.79. The number of carbonyl (C=O) groups is 1. The number of fused-ring (bicyclic) bond motifs is 1. The quantitative estimate of drug-likeness (QED) is 0.503. The molecule has 4 rings (SSSR count). The molecule has 0 fully saturated rings. The molecule has 2 heterocycles. The number of amides is 1. The Morgan fingerprint density at radius 3 is 2.73 bits per heavy atom. The summed E-state index contributed by atoms with van der Waals surface area (Å²) in [6, 6.07) is 18.0. The van der Waals surface area contributed by atoms with Gasteiger partial charge in [0.25, 0.3) is 11.6 Å². The lowest BCUT2D eigenvalue weighted by Crippen LogP contribution is -2.40. The van der Waals surface area contributed by atoms with E-state index in [2.05, 4.69) is 33.4 Å². The number of nitro groups is 1. The number of carbonyl (C=O) groups excluding carboxylic acids is 1. The molecule has 0 saturated carbocycles. The molecule has 1 aliphatic heterocycles. The number of nitro benzene ring substituents is 1. The Kier molecular flexibility index (Phi) is 5.81. The molecule has 0 bridgehead atoms. The third-order valence-corrected chi connectivity index (χ3v) is 5.45. The van der Waals surface area contributed by atoms with E-state index in [1.807, 2.05) is 24.4 Å². The second-order valence-electron chi connectivity index (χ2n) is 7.31. The highest BCUT2D eigenvalue weighted by molar-refractivity contribution is 5.94. The predicted octanol–water partition coefficient (Wildman–Crippen LogP) is 3.52. The van der Waals surface area contributed by atoms with E-state index in [9.17, 15) is 14.9 Å². The number of benzene rings is 2. The number of non-ortho nitro benzene ring substituents is 1. The molecule has 3 aromatic rings. The molecule has 0 spiro atoms. The predicted molar refractivity (Wildman–Crippen MR) is 113 cm³/mol. The summed E-state index contributed by atoms with van der Waals surface area (Å²) in [4.78, 5) is 29.8. The second kappa shape index (κ2) is 8.84. The van der Waals surface area contributed by atoms with Crippen LogP contribution in [0.2, 0.25) is 0 Å². The molecule has 1 N–H and O–H groups in total. The van der Waals surface area contributed by atoms with Gasteiger partial charge in [-0.2, -0.15) is 0 Å². The van der Waals surface area contributed by atoms with E-state index in [1.54, 1.807) is 12.3 Å². The minimum Gasteiger partial charge on any atom is -0.350 e. The van der Waals surface area contributed by atoms with Crippen LogP contribution in [-0.4, -0.2) is 33.8 Å². The molecule has 0 aliphatic carbocycles. The highest BCUT2D eigenvalue weighted by Crippen LogP contribution is 2.27. The fourth-order valence-electron chi connectivity index (χ4n) is 3.87. The Morgan fingerprint density at radius 2 is 1.97 bits per heavy atom. The maximum absolute atomic E-state index is 12.7. The van der Waals surface area contributed by atoms with Crippen molar-refractivity contribution in [3.63, 3.8) is 0 Å². The van der Waals surface area contributed by atoms with Gasteiger partial charge >= 0.3 is 0 Å². The lowest BCUT2D eigenvalue weighted by molar-refractivity contribution is -0.384. The van der Waals surface area contributed by atoms with Gasteiger partial charge in [0.15, 0.2) is 0 Å². The van der Waals surface area contributed by atoms with Crippen molar-refractivity contribution in [2.24, 2.45) is 0 Å². The van der Waals surface area contributed by atoms with Crippen LogP contribution in [0.5, 0.6) is 0 Å². The van der Waals surface area contributed by atoms with Crippen LogP contribution in [0, 0.1) is 10.1 Å². The van der Waals surface area contributed by atoms with E-state index in [-0.39, 0.29) is 23.2 Å². The Bertz CT molecular complexity index is 1060. The van der Waals surface area contributed by atoms with Gasteiger partial charge in [-0.25, -0.2) is 0 Å². The zero-order valence-electron chi connectivity index (χ0n) is 16.4. The Hall–Kier alpha value is -3.58. The lowest BCUT2D eigenvalue weighted by atomic mass is 9.97. The van der Waals surface area contributed by atoms with E-state index in [1.165, 1.54) is 29.3 Å². The fourth-order valence-corrected chi connectivity index (χ4v) is 3.87. The van der Waals surface area contributed by atoms with Gasteiger partial charge in [0.05, 0.1) is 11.0 Å². The first-order valence-electron chi connectivity index (χ1n) is 9.85. The van der Waals surface area contributed by atoms with Crippen LogP contribution >= 0.6 is 0 Å². The van der Waals surface area contributed by atoms with Gasteiger partial charge < -0.3 is 5.32 Å². The average molecular weight is 402 g/mol. The highest BCUT2D eigenvalue weighted by atomic mass is 16.6. The normalized spacial score (nSPS) is 14.5. The van der Waals surface area contributed by atoms with Crippen molar-refractivity contribution < 1.29 is 9.72 Å². The number of nitrogens with zero attached hydrogens (tertiary/aromatic N) is 3. The zero-order valence-corrected chi connectivity index (χ0v) is 16.4. The molecule has 0 radical (unpaired) electrons. The van der Waals surface area contributed by atoms with Crippen LogP contribution in [0.3, 0.4) is 0 Å². The summed E-state index contributed by atoms with van der Waals surface area (Å²) in [5.74, 6) is -0.329. The third kappa shape index (κ3) is 4.36. The molecule has 0 unspecified atom stereocenters. The van der Waals surface area contributed by atoms with Gasteiger partial charge in [0, 0.05) is 49.7 Å². The van der Waals surface area contributed by atoms with Gasteiger partial charge in [-0.15, -0.1) is 0 Å². The standard InChI is InChI=1S/C23H22N4O3/c28-23(18-7-3-9-21(13-18)27(29)30)25-15-22(19-8-4-11-24-14-19)26-12-10-17-5-1-2-6-20(17)16-26/h1-9,11,13-14,22H,10,12,15-16H2,(H,25,28)/t22-/m0/s1. The molecule has 7 heteroatoms. The van der Waals surface area contributed by atoms with Crippen molar-refractivity contribution in [1.82, 2.24) is 15.2 Å². The fraction of sp³-hybridized carbons (Fsp3) is 0.217. The molecular weight excluding hydrogens is 380 g/mol. The lowest BCUT2D eigenvalue weighted by Gasteiger charge is -2.36. The first-order chi connectivity index (χ1) is 14.6. The van der Waals surface area contributed by atoms with Crippen molar-refractivity contribution in [1.29, 1.82) is 0 Å². The maximum Gasteiger partial charge on any atom is 0.270 e. The van der Waals surface area contributed by atoms with E-state index in [0.717, 1.165) is 25.1 Å². The minimum absolute atomic E-state index is 0.0466. The molecule has 2 aromatic carbocycles. The molecule has 0 saturated heterocycles. The summed E-state index contributed by atoms with van der Waals surface area (Å²) >= 11 is 0. The molecule has 1 aromatic heterocycles. The van der Waals surface area contributed by atoms with Crippen LogP contribution in [0.25, 0.3) is 0 Å². The Balaban J connectivity index is 1.52. The summed E-state index contributed by atoms with van der Waals surface area (Å²) in [5.41, 5.74) is 3.86. The first kappa shape index (κ1) is 19.7. The van der Waals surface area contributed by atoms with Crippen molar-refractivity contribution >= 4 is 11.6 Å². The highest BCUT2D eigenvalue weighted by Gasteiger charge is 2.25. The molecule has 1 amide bonds. The van der Waals surface area contributed by atoms with Crippen molar-refractivity contribution in [3.05, 3.63) is 105 Å². The maximum atomic E-state index is 12.7. The van der Waals surface area contributed by atoms with Crippen LogP contribution in [0.1, 0.15) is 33.1 Å². The van der Waals surface area contributed by atoms with Gasteiger partial charge in [0.2, 0.25) is 0 Å². The number of pyridine rings is 1. The molecule has 30 heavy (non-hydrogen) atoms. The number of hydrogen-bond acceptors (Lipinski definition) is 5. The minimum atomic E-state index is -0.500. The van der Waals surface area contributed by atoms with Crippen molar-refractivity contribution in [2.45, 2.75) is 19.0 Å². The number of aromatic nitrogens is 1. The monoisotopic (exact) mass is 402 g/mol. The third-order valence-electron chi connectivity index (χ3n) is 5.45. The smallest absolute Gasteiger partial charge is 0.270 e. The summed E-state index contributed by atoms with van der Waals surface area (Å²) in [6.07, 6.45) is 4.50. The zero-order chi connectivity index (χ0) is 20.9. The summed E-state index contributed by atoms with van der Waals surface area (Å²) in [6.45, 7) is 2.06. The summed E-state index contributed by atoms with van der Waals surface area (Å²) in [5, 5.41) is 13.9. The van der Waals surface area contributed by atoms with Crippen LogP contribution in [0.4, 0.5) is 5.69 Å². The molecule has 7 nitrogen and oxygen atoms in total. The number of rotatable bonds is 6. The second-order valence-corrected chi connectivity index (χ2v) is 7.31. The Labute approximate surface area is 174 Å². The van der Waals surface area contributed by atoms with Gasteiger partial charge in [0.1, 0.15) is 0 Å². The SMILES string of the molecule is O=C(NC[C@@H](c1cccnc1)N1CCc2ccccc2C1)c1cccc([N+](=O)[O-])c1. The van der Waals surface area contributed by atoms with Gasteiger partial charge in [-0.1, -0.05) is 36.4 Å². The van der Waals surface area contributed by atoms with E-state index >= 15 is 0 Å². The summed E-state index contributed by atoms with van der Waals surface area (Å²) < 4.78 is 0. The van der Waals surface area contributed by atoms with E-state index < -0.39 is 4.92 Å². The summed E-state index contributed by atoms with van der Waals surface area (Å²) in [7, 11) is 0. The number of nitrogens with one attached hydrogen (secondary N) is 1. The van der Waals surface area contributed by atoms with Crippen LogP contribution in [-0.2, 0) is 13.0 Å². The van der Waals surface area contributed by atoms with Gasteiger partial charge in [-0.05, 0) is 35.2 Å². The largest absolute Gasteiger partial charge is 0.350 e. The van der Waals surface area contributed by atoms with Crippen LogP contribution < -0.4 is 5.32 Å². The Morgan fingerprint density at radius 1 is 1.13 bits per heavy atom. The molecule has 152 valence electrons. The number of hydrogen-bond donors (Lipinski definition) is 1.